The quantitative estimate of drug-likeness (QED) is 0.830. The topological polar surface area (TPSA) is 32.8 Å². The van der Waals surface area contributed by atoms with Gasteiger partial charge in [0.25, 0.3) is 0 Å². The van der Waals surface area contributed by atoms with E-state index in [4.69, 9.17) is 16.3 Å². The van der Waals surface area contributed by atoms with Gasteiger partial charge in [0, 0.05) is 5.02 Å². The minimum Gasteiger partial charge on any atom is -0.453 e. The van der Waals surface area contributed by atoms with Crippen LogP contribution in [0.25, 0.3) is 0 Å². The molecule has 4 nitrogen and oxygen atoms in total. The molecule has 1 amide bonds. The molecule has 0 saturated carbocycles. The van der Waals surface area contributed by atoms with E-state index in [0.29, 0.717) is 28.8 Å². The number of benzene rings is 2. The van der Waals surface area contributed by atoms with Crippen molar-refractivity contribution in [1.29, 1.82) is 0 Å². The molecule has 23 heavy (non-hydrogen) atoms. The van der Waals surface area contributed by atoms with Crippen molar-refractivity contribution in [2.45, 2.75) is 13.8 Å². The number of anilines is 2. The highest BCUT2D eigenvalue weighted by Gasteiger charge is 2.29. The lowest BCUT2D eigenvalue weighted by molar-refractivity contribution is -0.119. The van der Waals surface area contributed by atoms with E-state index in [2.05, 4.69) is 18.7 Å². The fourth-order valence-corrected chi connectivity index (χ4v) is 2.87. The minimum absolute atomic E-state index is 0.00738. The van der Waals surface area contributed by atoms with Gasteiger partial charge in [-0.15, -0.1) is 0 Å². The zero-order chi connectivity index (χ0) is 16.4. The second-order valence-corrected chi connectivity index (χ2v) is 5.81. The zero-order valence-corrected chi connectivity index (χ0v) is 14.0. The molecule has 5 heteroatoms. The number of para-hydroxylation sites is 2. The molecule has 0 radical (unpaired) electrons. The summed E-state index contributed by atoms with van der Waals surface area (Å²) in [5, 5.41) is 0.576. The summed E-state index contributed by atoms with van der Waals surface area (Å²) in [5.41, 5.74) is 1.44. The summed E-state index contributed by atoms with van der Waals surface area (Å²) in [7, 11) is 0. The van der Waals surface area contributed by atoms with Crippen LogP contribution in [-0.4, -0.2) is 30.4 Å². The molecule has 120 valence electrons. The van der Waals surface area contributed by atoms with E-state index >= 15 is 0 Å². The smallest absolute Gasteiger partial charge is 0.245 e. The summed E-state index contributed by atoms with van der Waals surface area (Å²) in [5.74, 6) is 1.32. The average Bonchev–Trinajstić information content (AvgIpc) is 2.57. The third-order valence-electron chi connectivity index (χ3n) is 3.99. The molecule has 0 bridgehead atoms. The fourth-order valence-electron chi connectivity index (χ4n) is 2.71. The standard InChI is InChI=1S/C18H19ClN2O2/c1-3-20(4-2)12-18(22)21-14-7-5-6-8-16(14)23-17-10-9-13(19)11-15(17)21/h5-11H,3-4,12H2,1-2H3. The highest BCUT2D eigenvalue weighted by atomic mass is 35.5. The Bertz CT molecular complexity index is 729. The van der Waals surface area contributed by atoms with E-state index in [0.717, 1.165) is 18.8 Å². The summed E-state index contributed by atoms with van der Waals surface area (Å²) in [6, 6.07) is 12.9. The monoisotopic (exact) mass is 330 g/mol. The number of amides is 1. The molecule has 0 N–H and O–H groups in total. The summed E-state index contributed by atoms with van der Waals surface area (Å²) < 4.78 is 5.90. The maximum atomic E-state index is 12.9. The molecule has 0 aliphatic carbocycles. The minimum atomic E-state index is 0.00738. The largest absolute Gasteiger partial charge is 0.453 e. The molecular weight excluding hydrogens is 312 g/mol. The van der Waals surface area contributed by atoms with E-state index in [9.17, 15) is 4.79 Å². The molecule has 0 unspecified atom stereocenters. The van der Waals surface area contributed by atoms with Crippen LogP contribution in [0, 0.1) is 0 Å². The number of hydrogen-bond acceptors (Lipinski definition) is 3. The highest BCUT2D eigenvalue weighted by molar-refractivity contribution is 6.31. The van der Waals surface area contributed by atoms with Crippen LogP contribution in [0.4, 0.5) is 11.4 Å². The highest BCUT2D eigenvalue weighted by Crippen LogP contribution is 2.47. The Morgan fingerprint density at radius 2 is 1.78 bits per heavy atom. The van der Waals surface area contributed by atoms with Crippen LogP contribution in [0.1, 0.15) is 13.8 Å². The number of halogens is 1. The maximum Gasteiger partial charge on any atom is 0.245 e. The number of rotatable bonds is 4. The van der Waals surface area contributed by atoms with Crippen molar-refractivity contribution in [3.05, 3.63) is 47.5 Å². The number of fused-ring (bicyclic) bond motifs is 2. The van der Waals surface area contributed by atoms with Gasteiger partial charge in [-0.2, -0.15) is 0 Å². The Morgan fingerprint density at radius 3 is 2.52 bits per heavy atom. The third-order valence-corrected chi connectivity index (χ3v) is 4.23. The predicted octanol–water partition coefficient (Wildman–Crippen LogP) is 4.45. The number of nitrogens with zero attached hydrogens (tertiary/aromatic N) is 2. The van der Waals surface area contributed by atoms with Crippen molar-refractivity contribution < 1.29 is 9.53 Å². The van der Waals surface area contributed by atoms with Gasteiger partial charge in [0.05, 0.1) is 17.9 Å². The van der Waals surface area contributed by atoms with Crippen molar-refractivity contribution in [1.82, 2.24) is 4.90 Å². The van der Waals surface area contributed by atoms with E-state index in [1.807, 2.05) is 24.3 Å². The van der Waals surface area contributed by atoms with Crippen molar-refractivity contribution in [2.24, 2.45) is 0 Å². The zero-order valence-electron chi connectivity index (χ0n) is 13.3. The van der Waals surface area contributed by atoms with Crippen LogP contribution in [0.5, 0.6) is 11.5 Å². The van der Waals surface area contributed by atoms with Crippen LogP contribution >= 0.6 is 11.6 Å². The van der Waals surface area contributed by atoms with Crippen molar-refractivity contribution >= 4 is 28.9 Å². The van der Waals surface area contributed by atoms with Gasteiger partial charge in [0.15, 0.2) is 11.5 Å². The van der Waals surface area contributed by atoms with E-state index in [1.165, 1.54) is 0 Å². The number of ether oxygens (including phenoxy) is 1. The molecule has 1 heterocycles. The fraction of sp³-hybridized carbons (Fsp3) is 0.278. The van der Waals surface area contributed by atoms with Crippen molar-refractivity contribution in [3.63, 3.8) is 0 Å². The Labute approximate surface area is 141 Å². The first kappa shape index (κ1) is 15.8. The van der Waals surface area contributed by atoms with Crippen LogP contribution in [0.3, 0.4) is 0 Å². The number of hydrogen-bond donors (Lipinski definition) is 0. The van der Waals surface area contributed by atoms with Crippen LogP contribution in [0.15, 0.2) is 42.5 Å². The molecular formula is C18H19ClN2O2. The molecule has 0 spiro atoms. The Hall–Kier alpha value is -2.04. The second kappa shape index (κ2) is 6.60. The van der Waals surface area contributed by atoms with Gasteiger partial charge in [-0.25, -0.2) is 0 Å². The lowest BCUT2D eigenvalue weighted by Crippen LogP contribution is -2.39. The van der Waals surface area contributed by atoms with Crippen molar-refractivity contribution in [3.8, 4) is 11.5 Å². The summed E-state index contributed by atoms with van der Waals surface area (Å²) >= 11 is 6.13. The summed E-state index contributed by atoms with van der Waals surface area (Å²) in [4.78, 5) is 16.7. The molecule has 0 aromatic heterocycles. The van der Waals surface area contributed by atoms with E-state index < -0.39 is 0 Å². The van der Waals surface area contributed by atoms with Gasteiger partial charge >= 0.3 is 0 Å². The van der Waals surface area contributed by atoms with Gasteiger partial charge in [0.2, 0.25) is 5.91 Å². The Kier molecular flexibility index (Phi) is 4.55. The first-order chi connectivity index (χ1) is 11.1. The van der Waals surface area contributed by atoms with Crippen LogP contribution in [-0.2, 0) is 4.79 Å². The van der Waals surface area contributed by atoms with Gasteiger partial charge < -0.3 is 4.74 Å². The molecule has 1 aliphatic heterocycles. The molecule has 2 aromatic rings. The summed E-state index contributed by atoms with van der Waals surface area (Å²) in [6.07, 6.45) is 0. The van der Waals surface area contributed by atoms with Crippen LogP contribution < -0.4 is 9.64 Å². The van der Waals surface area contributed by atoms with Gasteiger partial charge in [-0.3, -0.25) is 14.6 Å². The van der Waals surface area contributed by atoms with Gasteiger partial charge in [-0.1, -0.05) is 37.6 Å². The Morgan fingerprint density at radius 1 is 1.09 bits per heavy atom. The second-order valence-electron chi connectivity index (χ2n) is 5.37. The van der Waals surface area contributed by atoms with E-state index in [1.54, 1.807) is 23.1 Å². The normalized spacial score (nSPS) is 12.6. The molecule has 0 saturated heterocycles. The number of carbonyl (C=O) groups excluding carboxylic acids is 1. The molecule has 1 aliphatic rings. The lowest BCUT2D eigenvalue weighted by atomic mass is 10.1. The molecule has 0 fully saturated rings. The summed E-state index contributed by atoms with van der Waals surface area (Å²) in [6.45, 7) is 6.12. The van der Waals surface area contributed by atoms with Crippen LogP contribution in [0.2, 0.25) is 5.02 Å². The van der Waals surface area contributed by atoms with Crippen molar-refractivity contribution in [2.75, 3.05) is 24.5 Å². The third kappa shape index (κ3) is 3.05. The molecule has 2 aromatic carbocycles. The number of carbonyl (C=O) groups is 1. The van der Waals surface area contributed by atoms with Gasteiger partial charge in [0.1, 0.15) is 0 Å². The molecule has 0 atom stereocenters. The average molecular weight is 331 g/mol. The SMILES string of the molecule is CCN(CC)CC(=O)N1c2ccccc2Oc2ccc(Cl)cc21. The Balaban J connectivity index is 2.04. The first-order valence-corrected chi connectivity index (χ1v) is 8.13. The maximum absolute atomic E-state index is 12.9. The van der Waals surface area contributed by atoms with Gasteiger partial charge in [-0.05, 0) is 43.4 Å². The first-order valence-electron chi connectivity index (χ1n) is 7.75. The number of likely N-dealkylation sites (N-methyl/N-ethyl adjacent to an activating group) is 1. The van der Waals surface area contributed by atoms with E-state index in [-0.39, 0.29) is 5.91 Å². The molecule has 3 rings (SSSR count). The predicted molar refractivity (Wildman–Crippen MR) is 92.9 cm³/mol. The lowest BCUT2D eigenvalue weighted by Gasteiger charge is -2.32.